The van der Waals surface area contributed by atoms with E-state index in [1.165, 1.54) is 12.1 Å². The fraction of sp³-hybridized carbons (Fsp3) is 0.231. The predicted molar refractivity (Wildman–Crippen MR) is 75.6 cm³/mol. The highest BCUT2D eigenvalue weighted by Gasteiger charge is 2.24. The molecule has 1 unspecified atom stereocenters. The van der Waals surface area contributed by atoms with Crippen LogP contribution >= 0.6 is 15.9 Å². The van der Waals surface area contributed by atoms with Gasteiger partial charge in [0.15, 0.2) is 4.60 Å². The molecule has 2 heterocycles. The lowest BCUT2D eigenvalue weighted by Crippen LogP contribution is -2.16. The number of fused-ring (bicyclic) bond motifs is 1. The molecule has 0 bridgehead atoms. The van der Waals surface area contributed by atoms with Crippen LogP contribution in [0.4, 0.5) is 4.39 Å². The first kappa shape index (κ1) is 13.3. The monoisotopic (exact) mass is 338 g/mol. The topological polar surface area (TPSA) is 69.9 Å². The Labute approximate surface area is 122 Å². The van der Waals surface area contributed by atoms with E-state index >= 15 is 0 Å². The van der Waals surface area contributed by atoms with Crippen LogP contribution in [0.3, 0.4) is 0 Å². The minimum Gasteiger partial charge on any atom is -0.459 e. The summed E-state index contributed by atoms with van der Waals surface area (Å²) in [5.74, 6) is 0.279. The molecule has 0 aliphatic heterocycles. The molecule has 1 aromatic carbocycles. The quantitative estimate of drug-likeness (QED) is 0.779. The van der Waals surface area contributed by atoms with Gasteiger partial charge in [-0.05, 0) is 41.1 Å². The molecule has 3 rings (SSSR count). The molecule has 104 valence electrons. The summed E-state index contributed by atoms with van der Waals surface area (Å²) >= 11 is 3.32. The van der Waals surface area contributed by atoms with E-state index in [2.05, 4.69) is 26.2 Å². The van der Waals surface area contributed by atoms with Gasteiger partial charge in [0.1, 0.15) is 23.2 Å². The van der Waals surface area contributed by atoms with Crippen LogP contribution in [0, 0.1) is 12.7 Å². The zero-order valence-corrected chi connectivity index (χ0v) is 12.5. The predicted octanol–water partition coefficient (Wildman–Crippen LogP) is 2.82. The second-order valence-electron chi connectivity index (χ2n) is 4.60. The molecule has 0 amide bonds. The Kier molecular flexibility index (Phi) is 3.10. The molecule has 2 aromatic heterocycles. The summed E-state index contributed by atoms with van der Waals surface area (Å²) in [7, 11) is 1.75. The van der Waals surface area contributed by atoms with Gasteiger partial charge in [0.25, 0.3) is 0 Å². The first-order valence-electron chi connectivity index (χ1n) is 5.98. The maximum Gasteiger partial charge on any atom is 0.153 e. The average molecular weight is 339 g/mol. The van der Waals surface area contributed by atoms with Crippen molar-refractivity contribution in [3.05, 3.63) is 45.6 Å². The number of rotatable bonds is 2. The summed E-state index contributed by atoms with van der Waals surface area (Å²) in [5.41, 5.74) is 8.38. The molecule has 7 heteroatoms. The van der Waals surface area contributed by atoms with Gasteiger partial charge in [-0.3, -0.25) is 0 Å². The van der Waals surface area contributed by atoms with Gasteiger partial charge in [-0.15, -0.1) is 5.10 Å². The van der Waals surface area contributed by atoms with E-state index in [-0.39, 0.29) is 5.82 Å². The molecule has 0 saturated heterocycles. The Bertz CT molecular complexity index is 776. The van der Waals surface area contributed by atoms with Gasteiger partial charge < -0.3 is 10.2 Å². The van der Waals surface area contributed by atoms with Crippen molar-refractivity contribution in [2.45, 2.75) is 13.0 Å². The second kappa shape index (κ2) is 4.68. The summed E-state index contributed by atoms with van der Waals surface area (Å²) in [6, 6.07) is 3.88. The molecule has 0 fully saturated rings. The number of benzene rings is 1. The van der Waals surface area contributed by atoms with Crippen molar-refractivity contribution in [1.82, 2.24) is 15.0 Å². The minimum absolute atomic E-state index is 0.301. The number of hydrogen-bond donors (Lipinski definition) is 1. The van der Waals surface area contributed by atoms with Gasteiger partial charge in [0, 0.05) is 18.0 Å². The number of nitrogens with zero attached hydrogens (tertiary/aromatic N) is 3. The normalized spacial score (nSPS) is 13.1. The van der Waals surface area contributed by atoms with Crippen LogP contribution in [0.25, 0.3) is 11.0 Å². The molecule has 5 nitrogen and oxygen atoms in total. The Balaban J connectivity index is 2.17. The second-order valence-corrected chi connectivity index (χ2v) is 5.35. The van der Waals surface area contributed by atoms with Gasteiger partial charge in [-0.1, -0.05) is 5.21 Å². The minimum atomic E-state index is -0.528. The average Bonchev–Trinajstić information content (AvgIpc) is 2.91. The number of aryl methyl sites for hydroxylation is 2. The number of hydrogen-bond acceptors (Lipinski definition) is 4. The van der Waals surface area contributed by atoms with E-state index in [0.29, 0.717) is 21.6 Å². The fourth-order valence-corrected chi connectivity index (χ4v) is 2.88. The molecule has 0 saturated carbocycles. The largest absolute Gasteiger partial charge is 0.459 e. The van der Waals surface area contributed by atoms with Crippen LogP contribution in [0.15, 0.2) is 27.2 Å². The Morgan fingerprint density at radius 2 is 2.20 bits per heavy atom. The zero-order valence-electron chi connectivity index (χ0n) is 10.9. The number of aromatic nitrogens is 3. The molecular formula is C13H12BrFN4O. The summed E-state index contributed by atoms with van der Waals surface area (Å²) in [5, 5.41) is 8.53. The van der Waals surface area contributed by atoms with E-state index in [0.717, 1.165) is 10.9 Å². The van der Waals surface area contributed by atoms with Crippen LogP contribution in [0.2, 0.25) is 0 Å². The number of halogens is 2. The van der Waals surface area contributed by atoms with Crippen molar-refractivity contribution in [3.63, 3.8) is 0 Å². The van der Waals surface area contributed by atoms with Gasteiger partial charge >= 0.3 is 0 Å². The molecular weight excluding hydrogens is 327 g/mol. The maximum absolute atomic E-state index is 13.3. The summed E-state index contributed by atoms with van der Waals surface area (Å²) in [6.07, 6.45) is 0. The van der Waals surface area contributed by atoms with Crippen molar-refractivity contribution in [3.8, 4) is 0 Å². The van der Waals surface area contributed by atoms with E-state index in [1.54, 1.807) is 17.8 Å². The standard InChI is InChI=1S/C13H12BrFN4O/c1-6-8-5-7(15)3-4-9(8)20-12(6)10(16)11-13(14)17-18-19(11)2/h3-5,10H,16H2,1-2H3. The van der Waals surface area contributed by atoms with Gasteiger partial charge in [0.2, 0.25) is 0 Å². The fourth-order valence-electron chi connectivity index (χ4n) is 2.30. The van der Waals surface area contributed by atoms with Gasteiger partial charge in [0.05, 0.1) is 5.69 Å². The van der Waals surface area contributed by atoms with Crippen LogP contribution in [-0.2, 0) is 7.05 Å². The number of furan rings is 1. The Hall–Kier alpha value is -1.73. The van der Waals surface area contributed by atoms with Crippen molar-refractivity contribution in [1.29, 1.82) is 0 Å². The van der Waals surface area contributed by atoms with E-state index < -0.39 is 6.04 Å². The summed E-state index contributed by atoms with van der Waals surface area (Å²) < 4.78 is 21.2. The third-order valence-electron chi connectivity index (χ3n) is 3.34. The summed E-state index contributed by atoms with van der Waals surface area (Å²) in [6.45, 7) is 1.86. The van der Waals surface area contributed by atoms with E-state index in [9.17, 15) is 4.39 Å². The lowest BCUT2D eigenvalue weighted by molar-refractivity contribution is 0.504. The van der Waals surface area contributed by atoms with Crippen molar-refractivity contribution in [2.24, 2.45) is 12.8 Å². The first-order valence-corrected chi connectivity index (χ1v) is 6.77. The lowest BCUT2D eigenvalue weighted by Gasteiger charge is -2.10. The molecule has 0 aliphatic carbocycles. The van der Waals surface area contributed by atoms with Crippen molar-refractivity contribution >= 4 is 26.9 Å². The van der Waals surface area contributed by atoms with Crippen LogP contribution in [0.5, 0.6) is 0 Å². The number of nitrogens with two attached hydrogens (primary N) is 1. The summed E-state index contributed by atoms with van der Waals surface area (Å²) in [4.78, 5) is 0. The Morgan fingerprint density at radius 1 is 1.45 bits per heavy atom. The molecule has 3 aromatic rings. The van der Waals surface area contributed by atoms with E-state index in [4.69, 9.17) is 10.2 Å². The molecule has 0 radical (unpaired) electrons. The molecule has 1 atom stereocenters. The van der Waals surface area contributed by atoms with Gasteiger partial charge in [-0.2, -0.15) is 0 Å². The van der Waals surface area contributed by atoms with E-state index in [1.807, 2.05) is 6.92 Å². The van der Waals surface area contributed by atoms with Crippen molar-refractivity contribution in [2.75, 3.05) is 0 Å². The highest BCUT2D eigenvalue weighted by Crippen LogP contribution is 2.33. The molecule has 2 N–H and O–H groups in total. The first-order chi connectivity index (χ1) is 9.49. The van der Waals surface area contributed by atoms with Crippen molar-refractivity contribution < 1.29 is 8.81 Å². The van der Waals surface area contributed by atoms with Crippen LogP contribution in [0.1, 0.15) is 23.1 Å². The zero-order chi connectivity index (χ0) is 14.4. The SMILES string of the molecule is Cc1c(C(N)c2c(Br)nnn2C)oc2ccc(F)cc12. The molecule has 20 heavy (non-hydrogen) atoms. The third kappa shape index (κ3) is 1.94. The third-order valence-corrected chi connectivity index (χ3v) is 3.90. The highest BCUT2D eigenvalue weighted by molar-refractivity contribution is 9.10. The Morgan fingerprint density at radius 3 is 2.85 bits per heavy atom. The van der Waals surface area contributed by atoms with Crippen LogP contribution in [-0.4, -0.2) is 15.0 Å². The molecule has 0 spiro atoms. The lowest BCUT2D eigenvalue weighted by atomic mass is 10.1. The molecule has 0 aliphatic rings. The van der Waals surface area contributed by atoms with Gasteiger partial charge in [-0.25, -0.2) is 9.07 Å². The highest BCUT2D eigenvalue weighted by atomic mass is 79.9. The maximum atomic E-state index is 13.3. The smallest absolute Gasteiger partial charge is 0.153 e. The van der Waals surface area contributed by atoms with Crippen LogP contribution < -0.4 is 5.73 Å².